The second-order valence-corrected chi connectivity index (χ2v) is 7.13. The molecule has 1 atom stereocenters. The molecule has 0 fully saturated rings. The largest absolute Gasteiger partial charge is 0.340 e. The maximum Gasteiger partial charge on any atom is 0.226 e. The predicted octanol–water partition coefficient (Wildman–Crippen LogP) is 1.18. The molecule has 0 N–H and O–H groups in total. The number of carbonyl (C=O) groups excluding carboxylic acids is 1. The first-order valence-corrected chi connectivity index (χ1v) is 9.41. The van der Waals surface area contributed by atoms with Crippen molar-refractivity contribution in [2.75, 3.05) is 13.1 Å². The molecule has 2 aliphatic heterocycles. The van der Waals surface area contributed by atoms with Crippen molar-refractivity contribution in [3.63, 3.8) is 0 Å². The number of fused-ring (bicyclic) bond motifs is 2. The maximum absolute atomic E-state index is 13.0. The SMILES string of the molecule is O=C(C1CCn2nccc2C1)N1CCc2nc(-c3cccnc3)nn2CC1. The molecule has 8 heteroatoms. The van der Waals surface area contributed by atoms with Gasteiger partial charge in [0.05, 0.1) is 6.54 Å². The lowest BCUT2D eigenvalue weighted by Crippen LogP contribution is -2.40. The molecule has 0 bridgehead atoms. The summed E-state index contributed by atoms with van der Waals surface area (Å²) >= 11 is 0. The van der Waals surface area contributed by atoms with Gasteiger partial charge >= 0.3 is 0 Å². The van der Waals surface area contributed by atoms with Gasteiger partial charge in [0.2, 0.25) is 5.91 Å². The van der Waals surface area contributed by atoms with Crippen LogP contribution in [0.4, 0.5) is 0 Å². The number of aryl methyl sites for hydroxylation is 1. The van der Waals surface area contributed by atoms with E-state index >= 15 is 0 Å². The molecule has 27 heavy (non-hydrogen) atoms. The quantitative estimate of drug-likeness (QED) is 0.683. The number of aromatic nitrogens is 6. The molecule has 2 aliphatic rings. The summed E-state index contributed by atoms with van der Waals surface area (Å²) in [6, 6.07) is 5.87. The molecule has 0 spiro atoms. The molecular formula is C19H21N7O. The third-order valence-corrected chi connectivity index (χ3v) is 5.47. The molecule has 138 valence electrons. The second kappa shape index (κ2) is 6.61. The molecule has 1 amide bonds. The summed E-state index contributed by atoms with van der Waals surface area (Å²) < 4.78 is 3.94. The summed E-state index contributed by atoms with van der Waals surface area (Å²) in [5.41, 5.74) is 2.08. The number of hydrogen-bond donors (Lipinski definition) is 0. The summed E-state index contributed by atoms with van der Waals surface area (Å²) in [5, 5.41) is 8.92. The van der Waals surface area contributed by atoms with Gasteiger partial charge < -0.3 is 4.90 Å². The van der Waals surface area contributed by atoms with Crippen LogP contribution in [-0.2, 0) is 30.7 Å². The summed E-state index contributed by atoms with van der Waals surface area (Å²) in [6.45, 7) is 2.88. The van der Waals surface area contributed by atoms with Crippen molar-refractivity contribution in [1.82, 2.24) is 34.4 Å². The van der Waals surface area contributed by atoms with Gasteiger partial charge in [-0.1, -0.05) is 0 Å². The van der Waals surface area contributed by atoms with E-state index in [-0.39, 0.29) is 11.8 Å². The molecule has 0 saturated carbocycles. The minimum absolute atomic E-state index is 0.0542. The zero-order valence-electron chi connectivity index (χ0n) is 15.0. The van der Waals surface area contributed by atoms with Crippen LogP contribution >= 0.6 is 0 Å². The zero-order chi connectivity index (χ0) is 18.2. The summed E-state index contributed by atoms with van der Waals surface area (Å²) in [7, 11) is 0. The highest BCUT2D eigenvalue weighted by molar-refractivity contribution is 5.79. The van der Waals surface area contributed by atoms with Crippen molar-refractivity contribution in [2.24, 2.45) is 5.92 Å². The third kappa shape index (κ3) is 3.01. The lowest BCUT2D eigenvalue weighted by atomic mass is 9.94. The van der Waals surface area contributed by atoms with Gasteiger partial charge in [-0.2, -0.15) is 10.2 Å². The van der Waals surface area contributed by atoms with Crippen molar-refractivity contribution >= 4 is 5.91 Å². The minimum Gasteiger partial charge on any atom is -0.340 e. The molecule has 3 aromatic heterocycles. The van der Waals surface area contributed by atoms with Crippen molar-refractivity contribution in [3.05, 3.63) is 48.3 Å². The maximum atomic E-state index is 13.0. The number of hydrogen-bond acceptors (Lipinski definition) is 5. The van der Waals surface area contributed by atoms with Gasteiger partial charge in [-0.25, -0.2) is 9.67 Å². The normalized spacial score (nSPS) is 19.3. The van der Waals surface area contributed by atoms with E-state index in [1.807, 2.05) is 38.7 Å². The average Bonchev–Trinajstić information content (AvgIpc) is 3.30. The highest BCUT2D eigenvalue weighted by Gasteiger charge is 2.30. The van der Waals surface area contributed by atoms with E-state index in [0.717, 1.165) is 42.9 Å². The van der Waals surface area contributed by atoms with Crippen LogP contribution < -0.4 is 0 Å². The van der Waals surface area contributed by atoms with Crippen LogP contribution in [-0.4, -0.2) is 53.4 Å². The smallest absolute Gasteiger partial charge is 0.226 e. The van der Waals surface area contributed by atoms with Crippen LogP contribution in [0.3, 0.4) is 0 Å². The van der Waals surface area contributed by atoms with E-state index in [2.05, 4.69) is 20.2 Å². The molecule has 5 heterocycles. The Kier molecular flexibility index (Phi) is 3.95. The number of carbonyl (C=O) groups is 1. The summed E-state index contributed by atoms with van der Waals surface area (Å²) in [4.78, 5) is 23.8. The van der Waals surface area contributed by atoms with E-state index in [4.69, 9.17) is 0 Å². The first-order valence-electron chi connectivity index (χ1n) is 9.41. The van der Waals surface area contributed by atoms with Crippen LogP contribution in [0, 0.1) is 5.92 Å². The fraction of sp³-hybridized carbons (Fsp3) is 0.421. The van der Waals surface area contributed by atoms with Crippen LogP contribution in [0.15, 0.2) is 36.8 Å². The molecular weight excluding hydrogens is 342 g/mol. The van der Waals surface area contributed by atoms with E-state index in [1.54, 1.807) is 12.4 Å². The first kappa shape index (κ1) is 16.2. The molecule has 0 saturated heterocycles. The molecule has 8 nitrogen and oxygen atoms in total. The van der Waals surface area contributed by atoms with E-state index in [9.17, 15) is 4.79 Å². The van der Waals surface area contributed by atoms with Gasteiger partial charge in [-0.15, -0.1) is 0 Å². The molecule has 5 rings (SSSR count). The van der Waals surface area contributed by atoms with E-state index in [0.29, 0.717) is 25.5 Å². The summed E-state index contributed by atoms with van der Waals surface area (Å²) in [6.07, 6.45) is 7.70. The lowest BCUT2D eigenvalue weighted by Gasteiger charge is -2.28. The Labute approximate surface area is 156 Å². The Hall–Kier alpha value is -3.03. The molecule has 1 unspecified atom stereocenters. The van der Waals surface area contributed by atoms with Crippen molar-refractivity contribution < 1.29 is 4.79 Å². The van der Waals surface area contributed by atoms with Gasteiger partial charge in [0, 0.05) is 68.2 Å². The minimum atomic E-state index is 0.0542. The van der Waals surface area contributed by atoms with Crippen molar-refractivity contribution in [2.45, 2.75) is 32.4 Å². The van der Waals surface area contributed by atoms with Gasteiger partial charge in [0.15, 0.2) is 5.82 Å². The Bertz CT molecular complexity index is 936. The van der Waals surface area contributed by atoms with E-state index < -0.39 is 0 Å². The number of pyridine rings is 1. The topological polar surface area (TPSA) is 81.7 Å². The van der Waals surface area contributed by atoms with Gasteiger partial charge in [-0.3, -0.25) is 14.5 Å². The zero-order valence-corrected chi connectivity index (χ0v) is 15.0. The Morgan fingerprint density at radius 1 is 1.07 bits per heavy atom. The molecule has 0 radical (unpaired) electrons. The fourth-order valence-electron chi connectivity index (χ4n) is 3.97. The monoisotopic (exact) mass is 363 g/mol. The van der Waals surface area contributed by atoms with Crippen LogP contribution in [0.1, 0.15) is 17.9 Å². The Balaban J connectivity index is 1.28. The van der Waals surface area contributed by atoms with Gasteiger partial charge in [-0.05, 0) is 24.6 Å². The third-order valence-electron chi connectivity index (χ3n) is 5.47. The van der Waals surface area contributed by atoms with Crippen LogP contribution in [0.2, 0.25) is 0 Å². The number of nitrogens with zero attached hydrogens (tertiary/aromatic N) is 7. The standard InChI is InChI=1S/C19H21N7O/c27-19(14-4-9-25-16(12-14)3-7-21-25)24-8-5-17-22-18(23-26(17)11-10-24)15-2-1-6-20-13-15/h1-3,6-7,13-14H,4-5,8-12H2. The fourth-order valence-corrected chi connectivity index (χ4v) is 3.97. The lowest BCUT2D eigenvalue weighted by molar-refractivity contribution is -0.136. The van der Waals surface area contributed by atoms with E-state index in [1.165, 1.54) is 0 Å². The number of rotatable bonds is 2. The predicted molar refractivity (Wildman–Crippen MR) is 97.6 cm³/mol. The average molecular weight is 363 g/mol. The Morgan fingerprint density at radius 3 is 2.93 bits per heavy atom. The highest BCUT2D eigenvalue weighted by Crippen LogP contribution is 2.23. The second-order valence-electron chi connectivity index (χ2n) is 7.13. The molecule has 0 aliphatic carbocycles. The highest BCUT2D eigenvalue weighted by atomic mass is 16.2. The van der Waals surface area contributed by atoms with Crippen LogP contribution in [0.5, 0.6) is 0 Å². The summed E-state index contributed by atoms with van der Waals surface area (Å²) in [5.74, 6) is 1.95. The van der Waals surface area contributed by atoms with Crippen LogP contribution in [0.25, 0.3) is 11.4 Å². The Morgan fingerprint density at radius 2 is 2.04 bits per heavy atom. The van der Waals surface area contributed by atoms with Gasteiger partial charge in [0.25, 0.3) is 0 Å². The molecule has 3 aromatic rings. The van der Waals surface area contributed by atoms with Gasteiger partial charge in [0.1, 0.15) is 5.82 Å². The van der Waals surface area contributed by atoms with Crippen molar-refractivity contribution in [1.29, 1.82) is 0 Å². The first-order chi connectivity index (χ1) is 13.3. The molecule has 0 aromatic carbocycles. The van der Waals surface area contributed by atoms with Crippen molar-refractivity contribution in [3.8, 4) is 11.4 Å². The number of amides is 1.